The number of methoxy groups -OCH3 is 1. The van der Waals surface area contributed by atoms with Crippen molar-refractivity contribution in [1.29, 1.82) is 0 Å². The van der Waals surface area contributed by atoms with E-state index in [2.05, 4.69) is 10.4 Å². The number of hydrazine groups is 1. The van der Waals surface area contributed by atoms with Crippen molar-refractivity contribution in [3.05, 3.63) is 58.9 Å². The molecular formula is C13H14ClN3O. The Morgan fingerprint density at radius 3 is 2.72 bits per heavy atom. The van der Waals surface area contributed by atoms with Crippen molar-refractivity contribution < 1.29 is 4.74 Å². The molecule has 2 rings (SSSR count). The zero-order chi connectivity index (χ0) is 13.0. The van der Waals surface area contributed by atoms with Gasteiger partial charge in [0.05, 0.1) is 19.3 Å². The number of nitrogens with two attached hydrogens (primary N) is 1. The number of hydrogen-bond donors (Lipinski definition) is 2. The van der Waals surface area contributed by atoms with Crippen molar-refractivity contribution in [2.24, 2.45) is 5.84 Å². The van der Waals surface area contributed by atoms with Crippen LogP contribution in [0.3, 0.4) is 0 Å². The molecule has 0 bridgehead atoms. The molecule has 0 aliphatic heterocycles. The second kappa shape index (κ2) is 5.82. The zero-order valence-corrected chi connectivity index (χ0v) is 10.7. The van der Waals surface area contributed by atoms with Gasteiger partial charge >= 0.3 is 0 Å². The second-order valence-corrected chi connectivity index (χ2v) is 4.15. The summed E-state index contributed by atoms with van der Waals surface area (Å²) < 4.78 is 5.29. The number of rotatable bonds is 4. The molecule has 0 spiro atoms. The van der Waals surface area contributed by atoms with Gasteiger partial charge in [0.2, 0.25) is 0 Å². The van der Waals surface area contributed by atoms with Crippen LogP contribution in [0.25, 0.3) is 0 Å². The number of halogens is 1. The van der Waals surface area contributed by atoms with E-state index < -0.39 is 0 Å². The lowest BCUT2D eigenvalue weighted by Crippen LogP contribution is -2.29. The maximum atomic E-state index is 6.19. The normalized spacial score (nSPS) is 12.2. The minimum Gasteiger partial charge on any atom is -0.495 e. The highest BCUT2D eigenvalue weighted by molar-refractivity contribution is 6.31. The fourth-order valence-corrected chi connectivity index (χ4v) is 2.10. The molecule has 0 amide bonds. The van der Waals surface area contributed by atoms with Gasteiger partial charge in [-0.25, -0.2) is 5.43 Å². The molecule has 1 unspecified atom stereocenters. The van der Waals surface area contributed by atoms with Crippen molar-refractivity contribution in [2.75, 3.05) is 7.11 Å². The van der Waals surface area contributed by atoms with Gasteiger partial charge in [-0.05, 0) is 17.7 Å². The Hall–Kier alpha value is -1.62. The molecule has 0 fully saturated rings. The molecule has 1 aromatic heterocycles. The predicted octanol–water partition coefficient (Wildman–Crippen LogP) is 2.30. The number of nitrogens with zero attached hydrogens (tertiary/aromatic N) is 1. The summed E-state index contributed by atoms with van der Waals surface area (Å²) in [5.41, 5.74) is 4.54. The average Bonchev–Trinajstić information content (AvgIpc) is 2.42. The number of hydrogen-bond acceptors (Lipinski definition) is 4. The topological polar surface area (TPSA) is 60.2 Å². The lowest BCUT2D eigenvalue weighted by Gasteiger charge is -2.20. The summed E-state index contributed by atoms with van der Waals surface area (Å²) in [5, 5.41) is 0.652. The van der Waals surface area contributed by atoms with Crippen molar-refractivity contribution in [1.82, 2.24) is 10.4 Å². The SMILES string of the molecule is COc1cnccc1C(NN)c1ccccc1Cl. The first-order valence-electron chi connectivity index (χ1n) is 5.46. The summed E-state index contributed by atoms with van der Waals surface area (Å²) in [5.74, 6) is 6.31. The van der Waals surface area contributed by atoms with Gasteiger partial charge in [0, 0.05) is 16.8 Å². The van der Waals surface area contributed by atoms with Crippen LogP contribution in [0.4, 0.5) is 0 Å². The largest absolute Gasteiger partial charge is 0.495 e. The van der Waals surface area contributed by atoms with Gasteiger partial charge in [-0.3, -0.25) is 10.8 Å². The van der Waals surface area contributed by atoms with E-state index in [0.29, 0.717) is 10.8 Å². The highest BCUT2D eigenvalue weighted by Gasteiger charge is 2.18. The standard InChI is InChI=1S/C13H14ClN3O/c1-18-12-8-16-7-6-10(12)13(17-15)9-4-2-3-5-11(9)14/h2-8,13,17H,15H2,1H3. The van der Waals surface area contributed by atoms with Crippen LogP contribution in [-0.2, 0) is 0 Å². The van der Waals surface area contributed by atoms with Gasteiger partial charge < -0.3 is 4.74 Å². The molecule has 2 aromatic rings. The fourth-order valence-electron chi connectivity index (χ4n) is 1.86. The maximum absolute atomic E-state index is 6.19. The van der Waals surface area contributed by atoms with Crippen molar-refractivity contribution in [3.8, 4) is 5.75 Å². The molecule has 1 heterocycles. The molecular weight excluding hydrogens is 250 g/mol. The first-order valence-corrected chi connectivity index (χ1v) is 5.84. The fraction of sp³-hybridized carbons (Fsp3) is 0.154. The second-order valence-electron chi connectivity index (χ2n) is 3.74. The van der Waals surface area contributed by atoms with Gasteiger partial charge in [0.25, 0.3) is 0 Å². The number of nitrogens with one attached hydrogen (secondary N) is 1. The van der Waals surface area contributed by atoms with Crippen LogP contribution in [0.15, 0.2) is 42.7 Å². The molecule has 3 N–H and O–H groups in total. The van der Waals surface area contributed by atoms with Crippen molar-refractivity contribution >= 4 is 11.6 Å². The quantitative estimate of drug-likeness (QED) is 0.656. The summed E-state index contributed by atoms with van der Waals surface area (Å²) in [6, 6.07) is 9.16. The lowest BCUT2D eigenvalue weighted by atomic mass is 9.99. The van der Waals surface area contributed by atoms with Gasteiger partial charge in [-0.1, -0.05) is 29.8 Å². The summed E-state index contributed by atoms with van der Waals surface area (Å²) in [4.78, 5) is 4.02. The van der Waals surface area contributed by atoms with Crippen LogP contribution in [0.2, 0.25) is 5.02 Å². The molecule has 0 saturated heterocycles. The van der Waals surface area contributed by atoms with Crippen LogP contribution < -0.4 is 16.0 Å². The van der Waals surface area contributed by atoms with E-state index in [0.717, 1.165) is 11.1 Å². The van der Waals surface area contributed by atoms with Gasteiger partial charge in [0.1, 0.15) is 5.75 Å². The Morgan fingerprint density at radius 1 is 1.28 bits per heavy atom. The van der Waals surface area contributed by atoms with Crippen molar-refractivity contribution in [2.45, 2.75) is 6.04 Å². The van der Waals surface area contributed by atoms with E-state index in [1.54, 1.807) is 19.5 Å². The van der Waals surface area contributed by atoms with E-state index >= 15 is 0 Å². The third kappa shape index (κ3) is 2.46. The molecule has 94 valence electrons. The minimum atomic E-state index is -0.239. The van der Waals surface area contributed by atoms with Gasteiger partial charge in [-0.2, -0.15) is 0 Å². The molecule has 0 radical (unpaired) electrons. The van der Waals surface area contributed by atoms with E-state index in [1.165, 1.54) is 0 Å². The van der Waals surface area contributed by atoms with E-state index in [-0.39, 0.29) is 6.04 Å². The highest BCUT2D eigenvalue weighted by atomic mass is 35.5. The number of benzene rings is 1. The number of ether oxygens (including phenoxy) is 1. The Labute approximate surface area is 111 Å². The maximum Gasteiger partial charge on any atom is 0.142 e. The van der Waals surface area contributed by atoms with Crippen LogP contribution in [0.5, 0.6) is 5.75 Å². The molecule has 18 heavy (non-hydrogen) atoms. The van der Waals surface area contributed by atoms with E-state index in [9.17, 15) is 0 Å². The zero-order valence-electron chi connectivity index (χ0n) is 9.93. The third-order valence-corrected chi connectivity index (χ3v) is 3.07. The number of aromatic nitrogens is 1. The first-order chi connectivity index (χ1) is 8.77. The predicted molar refractivity (Wildman–Crippen MR) is 71.4 cm³/mol. The van der Waals surface area contributed by atoms with Gasteiger partial charge in [-0.15, -0.1) is 0 Å². The third-order valence-electron chi connectivity index (χ3n) is 2.73. The average molecular weight is 264 g/mol. The van der Waals surface area contributed by atoms with Crippen molar-refractivity contribution in [3.63, 3.8) is 0 Å². The summed E-state index contributed by atoms with van der Waals surface area (Å²) in [7, 11) is 1.60. The lowest BCUT2D eigenvalue weighted by molar-refractivity contribution is 0.402. The Balaban J connectivity index is 2.49. The molecule has 1 atom stereocenters. The molecule has 0 aliphatic rings. The molecule has 4 nitrogen and oxygen atoms in total. The summed E-state index contributed by atoms with van der Waals surface area (Å²) >= 11 is 6.19. The van der Waals surface area contributed by atoms with Crippen LogP contribution >= 0.6 is 11.6 Å². The van der Waals surface area contributed by atoms with Crippen LogP contribution in [-0.4, -0.2) is 12.1 Å². The number of pyridine rings is 1. The summed E-state index contributed by atoms with van der Waals surface area (Å²) in [6.45, 7) is 0. The Kier molecular flexibility index (Phi) is 4.15. The monoisotopic (exact) mass is 263 g/mol. The van der Waals surface area contributed by atoms with E-state index in [4.69, 9.17) is 22.2 Å². The smallest absolute Gasteiger partial charge is 0.142 e. The first kappa shape index (κ1) is 12.8. The molecule has 1 aromatic carbocycles. The highest BCUT2D eigenvalue weighted by Crippen LogP contribution is 2.32. The molecule has 0 saturated carbocycles. The summed E-state index contributed by atoms with van der Waals surface area (Å²) in [6.07, 6.45) is 3.34. The molecule has 0 aliphatic carbocycles. The Bertz CT molecular complexity index is 533. The van der Waals surface area contributed by atoms with E-state index in [1.807, 2.05) is 30.3 Å². The van der Waals surface area contributed by atoms with Gasteiger partial charge in [0.15, 0.2) is 0 Å². The van der Waals surface area contributed by atoms with Crippen LogP contribution in [0.1, 0.15) is 17.2 Å². The molecule has 5 heteroatoms. The van der Waals surface area contributed by atoms with Crippen LogP contribution in [0, 0.1) is 0 Å². The Morgan fingerprint density at radius 2 is 2.06 bits per heavy atom. The minimum absolute atomic E-state index is 0.239.